The van der Waals surface area contributed by atoms with Gasteiger partial charge in [-0.2, -0.15) is 0 Å². The molecule has 9 heteroatoms. The van der Waals surface area contributed by atoms with Gasteiger partial charge in [-0.1, -0.05) is 12.1 Å². The number of hydrogen-bond donors (Lipinski definition) is 1. The minimum absolute atomic E-state index is 0.143. The van der Waals surface area contributed by atoms with Crippen molar-refractivity contribution in [2.75, 3.05) is 35.7 Å². The maximum absolute atomic E-state index is 12.0. The lowest BCUT2D eigenvalue weighted by molar-refractivity contribution is -0.123. The molecule has 2 amide bonds. The van der Waals surface area contributed by atoms with Gasteiger partial charge in [-0.3, -0.25) is 13.9 Å². The van der Waals surface area contributed by atoms with Crippen LogP contribution in [0.1, 0.15) is 18.4 Å². The summed E-state index contributed by atoms with van der Waals surface area (Å²) < 4.78 is 29.7. The molecule has 1 aliphatic heterocycles. The Hall–Kier alpha value is -3.07. The normalized spacial score (nSPS) is 13.9. The van der Waals surface area contributed by atoms with Crippen molar-refractivity contribution in [2.45, 2.75) is 19.4 Å². The number of ether oxygens (including phenoxy) is 1. The predicted molar refractivity (Wildman–Crippen MR) is 115 cm³/mol. The fraction of sp³-hybridized carbons (Fsp3) is 0.333. The number of carbonyl (C=O) groups is 2. The third-order valence-corrected chi connectivity index (χ3v) is 6.08. The average Bonchev–Trinajstić information content (AvgIpc) is 3.16. The highest BCUT2D eigenvalue weighted by Crippen LogP contribution is 2.22. The molecule has 1 N–H and O–H groups in total. The quantitative estimate of drug-likeness (QED) is 0.689. The topological polar surface area (TPSA) is 96.0 Å². The summed E-state index contributed by atoms with van der Waals surface area (Å²) in [7, 11) is -1.86. The van der Waals surface area contributed by atoms with Crippen molar-refractivity contribution in [3.05, 3.63) is 54.1 Å². The summed E-state index contributed by atoms with van der Waals surface area (Å²) in [6.45, 7) is 0.952. The molecule has 0 aliphatic carbocycles. The summed E-state index contributed by atoms with van der Waals surface area (Å²) in [5.41, 5.74) is 2.31. The van der Waals surface area contributed by atoms with Crippen molar-refractivity contribution in [1.82, 2.24) is 5.32 Å². The number of benzene rings is 2. The van der Waals surface area contributed by atoms with E-state index in [4.69, 9.17) is 4.74 Å². The van der Waals surface area contributed by atoms with Gasteiger partial charge in [-0.15, -0.1) is 0 Å². The summed E-state index contributed by atoms with van der Waals surface area (Å²) in [6, 6.07) is 14.0. The first-order valence-corrected chi connectivity index (χ1v) is 11.4. The number of sulfonamides is 1. The van der Waals surface area contributed by atoms with Crippen molar-refractivity contribution in [3.63, 3.8) is 0 Å². The Labute approximate surface area is 176 Å². The van der Waals surface area contributed by atoms with E-state index in [0.29, 0.717) is 24.4 Å². The van der Waals surface area contributed by atoms with Crippen molar-refractivity contribution < 1.29 is 22.7 Å². The third kappa shape index (κ3) is 5.50. The molecule has 1 heterocycles. The Morgan fingerprint density at radius 1 is 1.13 bits per heavy atom. The van der Waals surface area contributed by atoms with Gasteiger partial charge in [-0.25, -0.2) is 8.42 Å². The first-order valence-electron chi connectivity index (χ1n) is 9.57. The van der Waals surface area contributed by atoms with E-state index in [0.717, 1.165) is 34.8 Å². The summed E-state index contributed by atoms with van der Waals surface area (Å²) in [4.78, 5) is 25.6. The van der Waals surface area contributed by atoms with Crippen LogP contribution < -0.4 is 19.3 Å². The van der Waals surface area contributed by atoms with Gasteiger partial charge in [-0.05, 0) is 48.4 Å². The lowest BCUT2D eigenvalue weighted by atomic mass is 10.2. The van der Waals surface area contributed by atoms with Crippen LogP contribution in [0.4, 0.5) is 11.4 Å². The highest BCUT2D eigenvalue weighted by molar-refractivity contribution is 7.92. The molecule has 160 valence electrons. The lowest BCUT2D eigenvalue weighted by Gasteiger charge is -2.17. The summed E-state index contributed by atoms with van der Waals surface area (Å²) in [5.74, 6) is 0.339. The van der Waals surface area contributed by atoms with Gasteiger partial charge in [0.25, 0.3) is 5.91 Å². The first kappa shape index (κ1) is 21.6. The van der Waals surface area contributed by atoms with Gasteiger partial charge in [0.2, 0.25) is 15.9 Å². The zero-order valence-electron chi connectivity index (χ0n) is 17.0. The van der Waals surface area contributed by atoms with E-state index in [-0.39, 0.29) is 18.4 Å². The van der Waals surface area contributed by atoms with Crippen LogP contribution in [-0.2, 0) is 26.2 Å². The molecular weight excluding hydrogens is 406 g/mol. The first-order chi connectivity index (χ1) is 14.2. The molecular formula is C21H25N3O5S. The molecule has 8 nitrogen and oxygen atoms in total. The fourth-order valence-electron chi connectivity index (χ4n) is 3.06. The second-order valence-corrected chi connectivity index (χ2v) is 9.12. The molecule has 0 spiro atoms. The monoisotopic (exact) mass is 431 g/mol. The van der Waals surface area contributed by atoms with Crippen LogP contribution in [0, 0.1) is 0 Å². The summed E-state index contributed by atoms with van der Waals surface area (Å²) in [5, 5.41) is 2.78. The summed E-state index contributed by atoms with van der Waals surface area (Å²) in [6.07, 6.45) is 2.60. The Balaban J connectivity index is 1.45. The summed E-state index contributed by atoms with van der Waals surface area (Å²) >= 11 is 0. The SMILES string of the molecule is CN(c1ccc(OCC(=O)NCc2ccc(N3CCCC3=O)cc2)cc1)S(C)(=O)=O. The number of amides is 2. The fourth-order valence-corrected chi connectivity index (χ4v) is 3.56. The van der Waals surface area contributed by atoms with E-state index < -0.39 is 10.0 Å². The number of anilines is 2. The van der Waals surface area contributed by atoms with Gasteiger partial charge in [0, 0.05) is 32.2 Å². The number of nitrogens with one attached hydrogen (secondary N) is 1. The van der Waals surface area contributed by atoms with Crippen LogP contribution in [0.2, 0.25) is 0 Å². The van der Waals surface area contributed by atoms with Gasteiger partial charge in [0.1, 0.15) is 5.75 Å². The number of carbonyl (C=O) groups excluding carboxylic acids is 2. The molecule has 1 fully saturated rings. The van der Waals surface area contributed by atoms with E-state index in [1.54, 1.807) is 29.2 Å². The van der Waals surface area contributed by atoms with Crippen molar-refractivity contribution >= 4 is 33.2 Å². The smallest absolute Gasteiger partial charge is 0.258 e. The minimum atomic E-state index is -3.33. The van der Waals surface area contributed by atoms with Crippen molar-refractivity contribution in [3.8, 4) is 5.75 Å². The van der Waals surface area contributed by atoms with Gasteiger partial charge in [0.15, 0.2) is 6.61 Å². The molecule has 2 aromatic rings. The highest BCUT2D eigenvalue weighted by atomic mass is 32.2. The van der Waals surface area contributed by atoms with Crippen LogP contribution in [0.3, 0.4) is 0 Å². The maximum atomic E-state index is 12.0. The second kappa shape index (κ2) is 9.17. The predicted octanol–water partition coefficient (Wildman–Crippen LogP) is 1.90. The van der Waals surface area contributed by atoms with E-state index >= 15 is 0 Å². The molecule has 1 aliphatic rings. The number of hydrogen-bond acceptors (Lipinski definition) is 5. The third-order valence-electron chi connectivity index (χ3n) is 4.88. The largest absolute Gasteiger partial charge is 0.484 e. The Morgan fingerprint density at radius 3 is 2.37 bits per heavy atom. The van der Waals surface area contributed by atoms with E-state index in [1.165, 1.54) is 7.05 Å². The van der Waals surface area contributed by atoms with Crippen LogP contribution in [-0.4, -0.2) is 46.7 Å². The van der Waals surface area contributed by atoms with E-state index in [2.05, 4.69) is 5.32 Å². The maximum Gasteiger partial charge on any atom is 0.258 e. The number of rotatable bonds is 8. The minimum Gasteiger partial charge on any atom is -0.484 e. The van der Waals surface area contributed by atoms with Crippen molar-refractivity contribution in [2.24, 2.45) is 0 Å². The molecule has 30 heavy (non-hydrogen) atoms. The lowest BCUT2D eigenvalue weighted by Crippen LogP contribution is -2.28. The molecule has 0 bridgehead atoms. The van der Waals surface area contributed by atoms with Crippen LogP contribution >= 0.6 is 0 Å². The van der Waals surface area contributed by atoms with Crippen LogP contribution in [0.15, 0.2) is 48.5 Å². The second-order valence-electron chi connectivity index (χ2n) is 7.11. The zero-order valence-corrected chi connectivity index (χ0v) is 17.8. The molecule has 0 atom stereocenters. The Kier molecular flexibility index (Phi) is 6.61. The standard InChI is InChI=1S/C21H25N3O5S/c1-23(30(2,27)28)17-9-11-19(12-10-17)29-15-20(25)22-14-16-5-7-18(8-6-16)24-13-3-4-21(24)26/h5-12H,3-4,13-15H2,1-2H3,(H,22,25). The molecule has 0 unspecified atom stereocenters. The molecule has 0 aromatic heterocycles. The molecule has 1 saturated heterocycles. The van der Waals surface area contributed by atoms with Crippen LogP contribution in [0.25, 0.3) is 0 Å². The Morgan fingerprint density at radius 2 is 1.80 bits per heavy atom. The number of nitrogens with zero attached hydrogens (tertiary/aromatic N) is 2. The van der Waals surface area contributed by atoms with Gasteiger partial charge >= 0.3 is 0 Å². The molecule has 2 aromatic carbocycles. The van der Waals surface area contributed by atoms with Crippen LogP contribution in [0.5, 0.6) is 5.75 Å². The van der Waals surface area contributed by atoms with Gasteiger partial charge in [0.05, 0.1) is 11.9 Å². The van der Waals surface area contributed by atoms with E-state index in [9.17, 15) is 18.0 Å². The van der Waals surface area contributed by atoms with Crippen molar-refractivity contribution in [1.29, 1.82) is 0 Å². The zero-order chi connectivity index (χ0) is 21.7. The van der Waals surface area contributed by atoms with Gasteiger partial charge < -0.3 is 15.0 Å². The highest BCUT2D eigenvalue weighted by Gasteiger charge is 2.21. The molecule has 0 radical (unpaired) electrons. The van der Waals surface area contributed by atoms with E-state index in [1.807, 2.05) is 24.3 Å². The Bertz CT molecular complexity index is 1000. The molecule has 0 saturated carbocycles. The average molecular weight is 432 g/mol. The molecule has 3 rings (SSSR count).